The summed E-state index contributed by atoms with van der Waals surface area (Å²) in [6.07, 6.45) is 0.305. The van der Waals surface area contributed by atoms with Gasteiger partial charge in [0, 0.05) is 0 Å². The fourth-order valence-electron chi connectivity index (χ4n) is 1.59. The number of rotatable bonds is 5. The van der Waals surface area contributed by atoms with Crippen LogP contribution in [-0.2, 0) is 20.7 Å². The molecule has 94 valence electrons. The Labute approximate surface area is 106 Å². The lowest BCUT2D eigenvalue weighted by molar-refractivity contribution is -0.151. The molecule has 0 aliphatic heterocycles. The molecule has 0 saturated heterocycles. The van der Waals surface area contributed by atoms with Crippen molar-refractivity contribution in [3.63, 3.8) is 0 Å². The van der Waals surface area contributed by atoms with Crippen LogP contribution in [0.2, 0.25) is 0 Å². The summed E-state index contributed by atoms with van der Waals surface area (Å²) in [6, 6.07) is 8.83. The zero-order chi connectivity index (χ0) is 13.5. The molecule has 0 fully saturated rings. The first-order valence-electron chi connectivity index (χ1n) is 5.74. The van der Waals surface area contributed by atoms with Gasteiger partial charge >= 0.3 is 5.97 Å². The standard InChI is InChI=1S/C14H15NO3/c1-3-18-14(17)13(10(2)16)8-11-4-6-12(9-15)7-5-11/h4-7,13H,3,8H2,1-2H3. The zero-order valence-corrected chi connectivity index (χ0v) is 10.5. The van der Waals surface area contributed by atoms with Gasteiger partial charge < -0.3 is 4.74 Å². The Morgan fingerprint density at radius 2 is 1.94 bits per heavy atom. The van der Waals surface area contributed by atoms with Gasteiger partial charge in [-0.3, -0.25) is 9.59 Å². The second-order valence-electron chi connectivity index (χ2n) is 3.93. The number of carbonyl (C=O) groups excluding carboxylic acids is 2. The quantitative estimate of drug-likeness (QED) is 0.586. The average molecular weight is 245 g/mol. The van der Waals surface area contributed by atoms with Crippen LogP contribution < -0.4 is 0 Å². The van der Waals surface area contributed by atoms with Gasteiger partial charge in [-0.15, -0.1) is 0 Å². The molecule has 0 spiro atoms. The van der Waals surface area contributed by atoms with Crippen LogP contribution in [-0.4, -0.2) is 18.4 Å². The molecule has 1 aromatic rings. The highest BCUT2D eigenvalue weighted by Gasteiger charge is 2.24. The van der Waals surface area contributed by atoms with Crippen LogP contribution in [0.4, 0.5) is 0 Å². The number of hydrogen-bond donors (Lipinski definition) is 0. The average Bonchev–Trinajstić information content (AvgIpc) is 2.36. The molecule has 4 heteroatoms. The molecule has 0 aliphatic rings. The predicted molar refractivity (Wildman–Crippen MR) is 65.7 cm³/mol. The van der Waals surface area contributed by atoms with Crippen molar-refractivity contribution in [2.45, 2.75) is 20.3 Å². The second-order valence-corrected chi connectivity index (χ2v) is 3.93. The third kappa shape index (κ3) is 3.70. The highest BCUT2D eigenvalue weighted by molar-refractivity contribution is 5.98. The van der Waals surface area contributed by atoms with Crippen molar-refractivity contribution in [1.29, 1.82) is 5.26 Å². The summed E-state index contributed by atoms with van der Waals surface area (Å²) in [7, 11) is 0. The molecule has 0 aromatic heterocycles. The Morgan fingerprint density at radius 1 is 1.33 bits per heavy atom. The maximum Gasteiger partial charge on any atom is 0.316 e. The van der Waals surface area contributed by atoms with Gasteiger partial charge in [0.2, 0.25) is 0 Å². The number of benzene rings is 1. The summed E-state index contributed by atoms with van der Waals surface area (Å²) < 4.78 is 4.87. The van der Waals surface area contributed by atoms with Gasteiger partial charge in [0.15, 0.2) is 0 Å². The lowest BCUT2D eigenvalue weighted by Gasteiger charge is -2.12. The SMILES string of the molecule is CCOC(=O)C(Cc1ccc(C#N)cc1)C(C)=O. The minimum atomic E-state index is -0.766. The number of ketones is 1. The van der Waals surface area contributed by atoms with Gasteiger partial charge in [-0.1, -0.05) is 12.1 Å². The maximum atomic E-state index is 11.6. The fraction of sp³-hybridized carbons (Fsp3) is 0.357. The van der Waals surface area contributed by atoms with Crippen molar-refractivity contribution < 1.29 is 14.3 Å². The van der Waals surface area contributed by atoms with E-state index in [0.29, 0.717) is 12.0 Å². The third-order valence-corrected chi connectivity index (χ3v) is 2.58. The van der Waals surface area contributed by atoms with Gasteiger partial charge in [0.25, 0.3) is 0 Å². The second kappa shape index (κ2) is 6.55. The van der Waals surface area contributed by atoms with Gasteiger partial charge in [-0.25, -0.2) is 0 Å². The van der Waals surface area contributed by atoms with E-state index in [1.807, 2.05) is 6.07 Å². The number of carbonyl (C=O) groups is 2. The topological polar surface area (TPSA) is 67.2 Å². The predicted octanol–water partition coefficient (Wildman–Crippen LogP) is 1.87. The van der Waals surface area contributed by atoms with Crippen LogP contribution in [0.15, 0.2) is 24.3 Å². The highest BCUT2D eigenvalue weighted by atomic mass is 16.5. The lowest BCUT2D eigenvalue weighted by Crippen LogP contribution is -2.26. The monoisotopic (exact) mass is 245 g/mol. The maximum absolute atomic E-state index is 11.6. The smallest absolute Gasteiger partial charge is 0.316 e. The summed E-state index contributed by atoms with van der Waals surface area (Å²) in [5, 5.41) is 8.68. The Hall–Kier alpha value is -2.15. The molecule has 1 rings (SSSR count). The van der Waals surface area contributed by atoms with Crippen LogP contribution in [0.25, 0.3) is 0 Å². The zero-order valence-electron chi connectivity index (χ0n) is 10.5. The van der Waals surface area contributed by atoms with Crippen molar-refractivity contribution in [3.8, 4) is 6.07 Å². The highest BCUT2D eigenvalue weighted by Crippen LogP contribution is 2.13. The summed E-state index contributed by atoms with van der Waals surface area (Å²) >= 11 is 0. The van der Waals surface area contributed by atoms with Crippen molar-refractivity contribution >= 4 is 11.8 Å². The molecule has 18 heavy (non-hydrogen) atoms. The number of Topliss-reactive ketones (excluding diaryl/α,β-unsaturated/α-hetero) is 1. The largest absolute Gasteiger partial charge is 0.465 e. The Balaban J connectivity index is 2.80. The number of ether oxygens (including phenoxy) is 1. The van der Waals surface area contributed by atoms with Crippen molar-refractivity contribution in [2.75, 3.05) is 6.61 Å². The normalized spacial score (nSPS) is 11.4. The van der Waals surface area contributed by atoms with Crippen LogP contribution in [0.1, 0.15) is 25.0 Å². The summed E-state index contributed by atoms with van der Waals surface area (Å²) in [4.78, 5) is 23.1. The van der Waals surface area contributed by atoms with E-state index in [1.54, 1.807) is 31.2 Å². The molecule has 0 bridgehead atoms. The summed E-state index contributed by atoms with van der Waals surface area (Å²) in [6.45, 7) is 3.35. The van der Waals surface area contributed by atoms with E-state index in [1.165, 1.54) is 6.92 Å². The Bertz CT molecular complexity index is 471. The van der Waals surface area contributed by atoms with E-state index in [-0.39, 0.29) is 12.4 Å². The van der Waals surface area contributed by atoms with Crippen molar-refractivity contribution in [2.24, 2.45) is 5.92 Å². The summed E-state index contributed by atoms with van der Waals surface area (Å²) in [5.74, 6) is -1.47. The lowest BCUT2D eigenvalue weighted by atomic mass is 9.95. The van der Waals surface area contributed by atoms with Crippen LogP contribution in [0, 0.1) is 17.2 Å². The van der Waals surface area contributed by atoms with E-state index in [4.69, 9.17) is 10.00 Å². The van der Waals surface area contributed by atoms with Crippen LogP contribution in [0.3, 0.4) is 0 Å². The van der Waals surface area contributed by atoms with Gasteiger partial charge in [-0.2, -0.15) is 5.26 Å². The molecule has 0 aliphatic carbocycles. The number of nitrogens with zero attached hydrogens (tertiary/aromatic N) is 1. The first-order valence-corrected chi connectivity index (χ1v) is 5.74. The molecule has 0 saturated carbocycles. The Kier molecular flexibility index (Phi) is 5.06. The molecule has 0 heterocycles. The molecule has 1 atom stereocenters. The molecular formula is C14H15NO3. The van der Waals surface area contributed by atoms with E-state index < -0.39 is 11.9 Å². The van der Waals surface area contributed by atoms with E-state index in [9.17, 15) is 9.59 Å². The minimum Gasteiger partial charge on any atom is -0.465 e. The number of hydrogen-bond acceptors (Lipinski definition) is 4. The molecule has 0 amide bonds. The van der Waals surface area contributed by atoms with Gasteiger partial charge in [0.05, 0.1) is 18.2 Å². The molecule has 4 nitrogen and oxygen atoms in total. The van der Waals surface area contributed by atoms with Gasteiger partial charge in [-0.05, 0) is 38.0 Å². The van der Waals surface area contributed by atoms with Crippen molar-refractivity contribution in [1.82, 2.24) is 0 Å². The van der Waals surface area contributed by atoms with Gasteiger partial charge in [0.1, 0.15) is 11.7 Å². The molecular weight excluding hydrogens is 230 g/mol. The first-order chi connectivity index (χ1) is 8.58. The van der Waals surface area contributed by atoms with Crippen LogP contribution in [0.5, 0.6) is 0 Å². The minimum absolute atomic E-state index is 0.210. The molecule has 1 unspecified atom stereocenters. The molecule has 0 N–H and O–H groups in total. The molecule has 1 aromatic carbocycles. The first kappa shape index (κ1) is 13.9. The fourth-order valence-corrected chi connectivity index (χ4v) is 1.59. The van der Waals surface area contributed by atoms with E-state index >= 15 is 0 Å². The number of esters is 1. The summed E-state index contributed by atoms with van der Waals surface area (Å²) in [5.41, 5.74) is 1.39. The van der Waals surface area contributed by atoms with E-state index in [0.717, 1.165) is 5.56 Å². The molecule has 0 radical (unpaired) electrons. The number of nitriles is 1. The van der Waals surface area contributed by atoms with Crippen LogP contribution >= 0.6 is 0 Å². The third-order valence-electron chi connectivity index (χ3n) is 2.58. The Morgan fingerprint density at radius 3 is 2.39 bits per heavy atom. The van der Waals surface area contributed by atoms with Crippen molar-refractivity contribution in [3.05, 3.63) is 35.4 Å². The van der Waals surface area contributed by atoms with E-state index in [2.05, 4.69) is 0 Å².